The Morgan fingerprint density at radius 3 is 2.81 bits per heavy atom. The van der Waals surface area contributed by atoms with Gasteiger partial charge >= 0.3 is 5.97 Å². The van der Waals surface area contributed by atoms with Crippen molar-refractivity contribution in [2.45, 2.75) is 25.8 Å². The van der Waals surface area contributed by atoms with Gasteiger partial charge in [-0.3, -0.25) is 4.79 Å². The Hall–Kier alpha value is -3.54. The van der Waals surface area contributed by atoms with Crippen molar-refractivity contribution in [3.05, 3.63) is 71.4 Å². The third kappa shape index (κ3) is 4.48. The van der Waals surface area contributed by atoms with Crippen molar-refractivity contribution in [1.82, 2.24) is 4.98 Å². The number of hydrogen-bond donors (Lipinski definition) is 1. The zero-order chi connectivity index (χ0) is 21.8. The summed E-state index contributed by atoms with van der Waals surface area (Å²) in [5.41, 5.74) is 6.66. The minimum Gasteiger partial charge on any atom is -0.493 e. The quantitative estimate of drug-likeness (QED) is 0.560. The molecule has 6 nitrogen and oxygen atoms in total. The Morgan fingerprint density at radius 1 is 1.19 bits per heavy atom. The van der Waals surface area contributed by atoms with Gasteiger partial charge in [-0.2, -0.15) is 0 Å². The fourth-order valence-corrected chi connectivity index (χ4v) is 3.89. The highest BCUT2D eigenvalue weighted by Gasteiger charge is 2.26. The first-order valence-electron chi connectivity index (χ1n) is 10.3. The SMILES string of the molecule is COC(=O)C[C@@H]1COc2cc(NCc3cccc(-c4ccc(OC)nc4)c3C)ccc21. The molecular weight excluding hydrogens is 392 g/mol. The van der Waals surface area contributed by atoms with Crippen LogP contribution in [-0.2, 0) is 16.1 Å². The molecule has 1 aromatic heterocycles. The number of nitrogens with zero attached hydrogens (tertiary/aromatic N) is 1. The Labute approximate surface area is 182 Å². The van der Waals surface area contributed by atoms with E-state index in [4.69, 9.17) is 14.2 Å². The van der Waals surface area contributed by atoms with Crippen LogP contribution in [0.2, 0.25) is 0 Å². The number of hydrogen-bond acceptors (Lipinski definition) is 6. The van der Waals surface area contributed by atoms with E-state index in [-0.39, 0.29) is 11.9 Å². The molecular formula is C25H26N2O4. The van der Waals surface area contributed by atoms with Crippen LogP contribution >= 0.6 is 0 Å². The Morgan fingerprint density at radius 2 is 2.06 bits per heavy atom. The molecule has 1 atom stereocenters. The van der Waals surface area contributed by atoms with Crippen molar-refractivity contribution in [3.8, 4) is 22.8 Å². The van der Waals surface area contributed by atoms with Crippen LogP contribution in [0.5, 0.6) is 11.6 Å². The Kier molecular flexibility index (Phi) is 6.07. The first-order chi connectivity index (χ1) is 15.1. The third-order valence-electron chi connectivity index (χ3n) is 5.72. The zero-order valence-corrected chi connectivity index (χ0v) is 18.0. The van der Waals surface area contributed by atoms with E-state index in [0.29, 0.717) is 25.5 Å². The van der Waals surface area contributed by atoms with Crippen LogP contribution in [-0.4, -0.2) is 31.8 Å². The molecule has 31 heavy (non-hydrogen) atoms. The number of pyridine rings is 1. The molecule has 0 amide bonds. The molecule has 0 fully saturated rings. The van der Waals surface area contributed by atoms with Crippen molar-refractivity contribution in [1.29, 1.82) is 0 Å². The summed E-state index contributed by atoms with van der Waals surface area (Å²) in [5.74, 6) is 1.26. The number of nitrogens with one attached hydrogen (secondary N) is 1. The van der Waals surface area contributed by atoms with E-state index in [1.54, 1.807) is 7.11 Å². The second-order valence-corrected chi connectivity index (χ2v) is 7.57. The van der Waals surface area contributed by atoms with Gasteiger partial charge in [-0.05, 0) is 35.7 Å². The van der Waals surface area contributed by atoms with E-state index in [1.807, 2.05) is 36.5 Å². The van der Waals surface area contributed by atoms with Crippen molar-refractivity contribution in [3.63, 3.8) is 0 Å². The molecule has 0 unspecified atom stereocenters. The van der Waals surface area contributed by atoms with Gasteiger partial charge in [0.15, 0.2) is 0 Å². The highest BCUT2D eigenvalue weighted by Crippen LogP contribution is 2.38. The number of benzene rings is 2. The Bertz CT molecular complexity index is 1080. The van der Waals surface area contributed by atoms with Crippen molar-refractivity contribution < 1.29 is 19.0 Å². The minimum absolute atomic E-state index is 0.0496. The van der Waals surface area contributed by atoms with Crippen LogP contribution in [0, 0.1) is 6.92 Å². The molecule has 0 bridgehead atoms. The van der Waals surface area contributed by atoms with Gasteiger partial charge in [0.25, 0.3) is 0 Å². The lowest BCUT2D eigenvalue weighted by molar-refractivity contribution is -0.141. The molecule has 2 heterocycles. The van der Waals surface area contributed by atoms with E-state index in [2.05, 4.69) is 35.4 Å². The van der Waals surface area contributed by atoms with E-state index in [1.165, 1.54) is 18.2 Å². The maximum Gasteiger partial charge on any atom is 0.306 e. The predicted octanol–water partition coefficient (Wildman–Crippen LogP) is 4.72. The number of rotatable bonds is 7. The van der Waals surface area contributed by atoms with E-state index < -0.39 is 0 Å². The van der Waals surface area contributed by atoms with Crippen LogP contribution < -0.4 is 14.8 Å². The molecule has 1 aliphatic rings. The molecule has 0 aliphatic carbocycles. The topological polar surface area (TPSA) is 69.7 Å². The second kappa shape index (κ2) is 9.08. The number of fused-ring (bicyclic) bond motifs is 1. The fourth-order valence-electron chi connectivity index (χ4n) is 3.89. The summed E-state index contributed by atoms with van der Waals surface area (Å²) in [7, 11) is 3.02. The van der Waals surface area contributed by atoms with Crippen molar-refractivity contribution in [2.24, 2.45) is 0 Å². The largest absolute Gasteiger partial charge is 0.493 e. The molecule has 6 heteroatoms. The first-order valence-corrected chi connectivity index (χ1v) is 10.3. The van der Waals surface area contributed by atoms with Gasteiger partial charge in [-0.15, -0.1) is 0 Å². The average Bonchev–Trinajstić information content (AvgIpc) is 3.20. The second-order valence-electron chi connectivity index (χ2n) is 7.57. The van der Waals surface area contributed by atoms with Crippen LogP contribution in [0.15, 0.2) is 54.7 Å². The van der Waals surface area contributed by atoms with Gasteiger partial charge in [0.2, 0.25) is 5.88 Å². The molecule has 0 saturated carbocycles. The van der Waals surface area contributed by atoms with Crippen LogP contribution in [0.3, 0.4) is 0 Å². The third-order valence-corrected chi connectivity index (χ3v) is 5.72. The molecule has 2 aromatic carbocycles. The number of methoxy groups -OCH3 is 2. The van der Waals surface area contributed by atoms with Crippen molar-refractivity contribution >= 4 is 11.7 Å². The molecule has 0 radical (unpaired) electrons. The van der Waals surface area contributed by atoms with Crippen molar-refractivity contribution in [2.75, 3.05) is 26.1 Å². The van der Waals surface area contributed by atoms with Gasteiger partial charge in [-0.25, -0.2) is 4.98 Å². The lowest BCUT2D eigenvalue weighted by Gasteiger charge is -2.14. The smallest absolute Gasteiger partial charge is 0.306 e. The monoisotopic (exact) mass is 418 g/mol. The summed E-state index contributed by atoms with van der Waals surface area (Å²) in [4.78, 5) is 15.9. The Balaban J connectivity index is 1.47. The lowest BCUT2D eigenvalue weighted by Crippen LogP contribution is -2.09. The summed E-state index contributed by atoms with van der Waals surface area (Å²) < 4.78 is 15.7. The van der Waals surface area contributed by atoms with Gasteiger partial charge in [-0.1, -0.05) is 24.3 Å². The normalized spacial score (nSPS) is 14.5. The standard InChI is InChI=1S/C25H26N2O4/c1-16-17(5-4-6-21(16)18-7-10-24(29-2)27-14-18)13-26-20-8-9-22-19(11-25(28)30-3)15-31-23(22)12-20/h4-10,12,14,19,26H,11,13,15H2,1-3H3/t19-/m1/s1. The van der Waals surface area contributed by atoms with Crippen LogP contribution in [0.25, 0.3) is 11.1 Å². The van der Waals surface area contributed by atoms with Crippen LogP contribution in [0.1, 0.15) is 29.0 Å². The number of anilines is 1. The maximum absolute atomic E-state index is 11.6. The molecule has 160 valence electrons. The zero-order valence-electron chi connectivity index (χ0n) is 18.0. The van der Waals surface area contributed by atoms with E-state index in [9.17, 15) is 4.79 Å². The van der Waals surface area contributed by atoms with Gasteiger partial charge < -0.3 is 19.5 Å². The molecule has 1 aliphatic heterocycles. The highest BCUT2D eigenvalue weighted by atomic mass is 16.5. The predicted molar refractivity (Wildman–Crippen MR) is 120 cm³/mol. The average molecular weight is 418 g/mol. The van der Waals surface area contributed by atoms with Gasteiger partial charge in [0.1, 0.15) is 5.75 Å². The molecule has 3 aromatic rings. The summed E-state index contributed by atoms with van der Waals surface area (Å²) in [6, 6.07) is 16.2. The fraction of sp³-hybridized carbons (Fsp3) is 0.280. The number of aromatic nitrogens is 1. The molecule has 1 N–H and O–H groups in total. The van der Waals surface area contributed by atoms with Gasteiger partial charge in [0.05, 0.1) is 27.2 Å². The molecule has 0 spiro atoms. The maximum atomic E-state index is 11.6. The summed E-state index contributed by atoms with van der Waals surface area (Å²) in [6.45, 7) is 3.32. The number of ether oxygens (including phenoxy) is 3. The summed E-state index contributed by atoms with van der Waals surface area (Å²) in [5, 5.41) is 3.49. The summed E-state index contributed by atoms with van der Waals surface area (Å²) in [6.07, 6.45) is 2.17. The highest BCUT2D eigenvalue weighted by molar-refractivity contribution is 5.71. The first kappa shape index (κ1) is 20.7. The van der Waals surface area contributed by atoms with E-state index >= 15 is 0 Å². The molecule has 0 saturated heterocycles. The number of carbonyl (C=O) groups is 1. The minimum atomic E-state index is -0.217. The van der Waals surface area contributed by atoms with Crippen LogP contribution in [0.4, 0.5) is 5.69 Å². The van der Waals surface area contributed by atoms with Gasteiger partial charge in [0, 0.05) is 47.6 Å². The number of carbonyl (C=O) groups excluding carboxylic acids is 1. The number of esters is 1. The van der Waals surface area contributed by atoms with E-state index in [0.717, 1.165) is 28.1 Å². The lowest BCUT2D eigenvalue weighted by atomic mass is 9.97. The molecule has 4 rings (SSSR count). The summed E-state index contributed by atoms with van der Waals surface area (Å²) >= 11 is 0.